The number of nitrogens with one attached hydrogen (secondary N) is 2. The summed E-state index contributed by atoms with van der Waals surface area (Å²) in [5.74, 6) is -1.80. The van der Waals surface area contributed by atoms with E-state index in [0.29, 0.717) is 6.42 Å². The molecule has 0 aromatic rings. The summed E-state index contributed by atoms with van der Waals surface area (Å²) in [6, 6.07) is -0.270. The Kier molecular flexibility index (Phi) is 2.41. The van der Waals surface area contributed by atoms with Gasteiger partial charge >= 0.3 is 12.1 Å². The van der Waals surface area contributed by atoms with Crippen molar-refractivity contribution in [3.63, 3.8) is 0 Å². The van der Waals surface area contributed by atoms with Crippen LogP contribution in [-0.2, 0) is 4.79 Å². The Labute approximate surface area is 85.4 Å². The first-order valence-corrected chi connectivity index (χ1v) is 5.02. The van der Waals surface area contributed by atoms with Crippen LogP contribution in [-0.4, -0.2) is 31.2 Å². The van der Waals surface area contributed by atoms with Gasteiger partial charge in [0.05, 0.1) is 0 Å². The first-order chi connectivity index (χ1) is 6.94. The molecule has 2 rings (SSSR count). The van der Waals surface area contributed by atoms with E-state index >= 15 is 0 Å². The maximum absolute atomic E-state index is 12.0. The van der Waals surface area contributed by atoms with Crippen molar-refractivity contribution in [2.24, 2.45) is 5.41 Å². The van der Waals surface area contributed by atoms with E-state index in [2.05, 4.69) is 10.6 Å². The van der Waals surface area contributed by atoms with Crippen molar-refractivity contribution in [2.45, 2.75) is 31.5 Å². The zero-order chi connectivity index (χ0) is 11.1. The lowest BCUT2D eigenvalue weighted by atomic mass is 9.94. The van der Waals surface area contributed by atoms with E-state index in [-0.39, 0.29) is 11.5 Å². The summed E-state index contributed by atoms with van der Waals surface area (Å²) in [6.07, 6.45) is -2.35. The van der Waals surface area contributed by atoms with Crippen molar-refractivity contribution < 1.29 is 18.0 Å². The standard InChI is InChI=1S/C9H13F3N2O/c10-9(11,12)7(15)14-6-5-8(6)1-3-13-4-2-8/h6,13H,1-5H2,(H,14,15). The van der Waals surface area contributed by atoms with E-state index in [1.165, 1.54) is 0 Å². The third kappa shape index (κ3) is 2.09. The van der Waals surface area contributed by atoms with Gasteiger partial charge < -0.3 is 10.6 Å². The Morgan fingerprint density at radius 3 is 2.47 bits per heavy atom. The lowest BCUT2D eigenvalue weighted by Crippen LogP contribution is -2.41. The molecule has 0 bridgehead atoms. The molecule has 1 amide bonds. The number of hydrogen-bond acceptors (Lipinski definition) is 2. The van der Waals surface area contributed by atoms with Gasteiger partial charge in [-0.25, -0.2) is 0 Å². The average molecular weight is 222 g/mol. The number of rotatable bonds is 1. The van der Waals surface area contributed by atoms with Crippen LogP contribution >= 0.6 is 0 Å². The molecular weight excluding hydrogens is 209 g/mol. The van der Waals surface area contributed by atoms with Crippen molar-refractivity contribution in [1.29, 1.82) is 0 Å². The molecule has 3 nitrogen and oxygen atoms in total. The van der Waals surface area contributed by atoms with E-state index < -0.39 is 12.1 Å². The molecule has 1 unspecified atom stereocenters. The fourth-order valence-corrected chi connectivity index (χ4v) is 2.27. The van der Waals surface area contributed by atoms with Crippen molar-refractivity contribution in [3.8, 4) is 0 Å². The summed E-state index contributed by atoms with van der Waals surface area (Å²) in [7, 11) is 0. The first-order valence-electron chi connectivity index (χ1n) is 5.02. The minimum Gasteiger partial charge on any atom is -0.345 e. The number of piperidine rings is 1. The van der Waals surface area contributed by atoms with Crippen LogP contribution < -0.4 is 10.6 Å². The molecule has 1 saturated carbocycles. The number of amides is 1. The average Bonchev–Trinajstić information content (AvgIpc) is 2.78. The topological polar surface area (TPSA) is 41.1 Å². The molecule has 1 atom stereocenters. The largest absolute Gasteiger partial charge is 0.471 e. The highest BCUT2D eigenvalue weighted by Gasteiger charge is 2.56. The third-order valence-corrected chi connectivity index (χ3v) is 3.35. The minimum absolute atomic E-state index is 0.0494. The Morgan fingerprint density at radius 1 is 1.33 bits per heavy atom. The smallest absolute Gasteiger partial charge is 0.345 e. The molecule has 15 heavy (non-hydrogen) atoms. The van der Waals surface area contributed by atoms with Gasteiger partial charge in [-0.3, -0.25) is 4.79 Å². The van der Waals surface area contributed by atoms with Crippen molar-refractivity contribution in [2.75, 3.05) is 13.1 Å². The van der Waals surface area contributed by atoms with Crippen LogP contribution in [0, 0.1) is 5.41 Å². The van der Waals surface area contributed by atoms with E-state index in [0.717, 1.165) is 25.9 Å². The highest BCUT2D eigenvalue weighted by molar-refractivity contribution is 5.82. The second-order valence-corrected chi connectivity index (χ2v) is 4.34. The maximum Gasteiger partial charge on any atom is 0.471 e. The zero-order valence-corrected chi connectivity index (χ0v) is 8.16. The predicted molar refractivity (Wildman–Crippen MR) is 47.1 cm³/mol. The predicted octanol–water partition coefficient (Wildman–Crippen LogP) is 0.807. The Bertz CT molecular complexity index is 271. The summed E-state index contributed by atoms with van der Waals surface area (Å²) in [5, 5.41) is 5.21. The molecule has 0 aromatic carbocycles. The van der Waals surface area contributed by atoms with Gasteiger partial charge in [0.15, 0.2) is 0 Å². The Balaban J connectivity index is 1.86. The van der Waals surface area contributed by atoms with Crippen LogP contribution in [0.15, 0.2) is 0 Å². The third-order valence-electron chi connectivity index (χ3n) is 3.35. The SMILES string of the molecule is O=C(NC1CC12CCNCC2)C(F)(F)F. The first kappa shape index (κ1) is 10.7. The Morgan fingerprint density at radius 2 is 1.93 bits per heavy atom. The molecule has 86 valence electrons. The quantitative estimate of drug-likeness (QED) is 0.689. The van der Waals surface area contributed by atoms with Crippen molar-refractivity contribution >= 4 is 5.91 Å². The molecule has 2 aliphatic rings. The van der Waals surface area contributed by atoms with Crippen LogP contribution in [0.4, 0.5) is 13.2 Å². The van der Waals surface area contributed by atoms with E-state index in [4.69, 9.17) is 0 Å². The molecule has 1 aliphatic heterocycles. The van der Waals surface area contributed by atoms with Crippen LogP contribution in [0.3, 0.4) is 0 Å². The molecule has 1 aliphatic carbocycles. The van der Waals surface area contributed by atoms with Crippen LogP contribution in [0.2, 0.25) is 0 Å². The van der Waals surface area contributed by atoms with Gasteiger partial charge in [0.25, 0.3) is 0 Å². The van der Waals surface area contributed by atoms with Crippen molar-refractivity contribution in [3.05, 3.63) is 0 Å². The lowest BCUT2D eigenvalue weighted by Gasteiger charge is -2.23. The van der Waals surface area contributed by atoms with Gasteiger partial charge in [-0.2, -0.15) is 13.2 Å². The molecule has 0 radical (unpaired) electrons. The number of carbonyl (C=O) groups excluding carboxylic acids is 1. The molecule has 0 aromatic heterocycles. The fourth-order valence-electron chi connectivity index (χ4n) is 2.27. The van der Waals surface area contributed by atoms with Gasteiger partial charge in [0, 0.05) is 6.04 Å². The number of carbonyl (C=O) groups is 1. The van der Waals surface area contributed by atoms with Gasteiger partial charge in [0.1, 0.15) is 0 Å². The highest BCUT2D eigenvalue weighted by atomic mass is 19.4. The monoisotopic (exact) mass is 222 g/mol. The highest BCUT2D eigenvalue weighted by Crippen LogP contribution is 2.52. The van der Waals surface area contributed by atoms with Crippen LogP contribution in [0.5, 0.6) is 0 Å². The normalized spacial score (nSPS) is 28.9. The Hall–Kier alpha value is -0.780. The maximum atomic E-state index is 12.0. The van der Waals surface area contributed by atoms with E-state index in [9.17, 15) is 18.0 Å². The number of alkyl halides is 3. The molecule has 1 saturated heterocycles. The second kappa shape index (κ2) is 3.37. The van der Waals surface area contributed by atoms with Gasteiger partial charge in [-0.15, -0.1) is 0 Å². The van der Waals surface area contributed by atoms with Gasteiger partial charge in [-0.1, -0.05) is 0 Å². The summed E-state index contributed by atoms with van der Waals surface area (Å²) >= 11 is 0. The minimum atomic E-state index is -4.75. The van der Waals surface area contributed by atoms with E-state index in [1.54, 1.807) is 0 Å². The summed E-state index contributed by atoms with van der Waals surface area (Å²) in [6.45, 7) is 1.66. The second-order valence-electron chi connectivity index (χ2n) is 4.34. The number of halogens is 3. The molecule has 2 N–H and O–H groups in total. The van der Waals surface area contributed by atoms with Gasteiger partial charge in [-0.05, 0) is 37.8 Å². The molecular formula is C9H13F3N2O. The fraction of sp³-hybridized carbons (Fsp3) is 0.889. The summed E-state index contributed by atoms with van der Waals surface area (Å²) in [4.78, 5) is 10.7. The molecule has 1 spiro atoms. The van der Waals surface area contributed by atoms with Crippen LogP contribution in [0.1, 0.15) is 19.3 Å². The summed E-state index contributed by atoms with van der Waals surface area (Å²) in [5.41, 5.74) is -0.0494. The van der Waals surface area contributed by atoms with Gasteiger partial charge in [0.2, 0.25) is 0 Å². The molecule has 2 fully saturated rings. The lowest BCUT2D eigenvalue weighted by molar-refractivity contribution is -0.174. The van der Waals surface area contributed by atoms with E-state index in [1.807, 2.05) is 0 Å². The molecule has 6 heteroatoms. The van der Waals surface area contributed by atoms with Crippen molar-refractivity contribution in [1.82, 2.24) is 10.6 Å². The summed E-state index contributed by atoms with van der Waals surface area (Å²) < 4.78 is 35.9. The molecule has 1 heterocycles. The number of hydrogen-bond donors (Lipinski definition) is 2. The van der Waals surface area contributed by atoms with Crippen LogP contribution in [0.25, 0.3) is 0 Å². The zero-order valence-electron chi connectivity index (χ0n) is 8.16.